The molecule has 2 saturated heterocycles. The molecule has 2 atom stereocenters. The molecule has 2 fully saturated rings. The summed E-state index contributed by atoms with van der Waals surface area (Å²) in [5.41, 5.74) is 1.06. The second-order valence-electron chi connectivity index (χ2n) is 7.62. The summed E-state index contributed by atoms with van der Waals surface area (Å²) in [6.45, 7) is 6.22. The zero-order chi connectivity index (χ0) is 19.9. The van der Waals surface area contributed by atoms with Gasteiger partial charge in [-0.25, -0.2) is 0 Å². The molecule has 0 aliphatic carbocycles. The molecule has 1 aromatic rings. The number of aromatic hydroxyl groups is 1. The van der Waals surface area contributed by atoms with Gasteiger partial charge in [0.25, 0.3) is 0 Å². The topological polar surface area (TPSA) is 71.5 Å². The summed E-state index contributed by atoms with van der Waals surface area (Å²) in [6, 6.07) is 6.06. The van der Waals surface area contributed by atoms with E-state index in [-0.39, 0.29) is 11.7 Å². The lowest BCUT2D eigenvalue weighted by molar-refractivity contribution is -0.141. The van der Waals surface area contributed by atoms with Gasteiger partial charge in [-0.2, -0.15) is 0 Å². The quantitative estimate of drug-likeness (QED) is 0.711. The second kappa shape index (κ2) is 10.1. The zero-order valence-corrected chi connectivity index (χ0v) is 16.9. The van der Waals surface area contributed by atoms with Gasteiger partial charge in [-0.1, -0.05) is 6.07 Å². The van der Waals surface area contributed by atoms with Crippen molar-refractivity contribution in [2.24, 2.45) is 5.92 Å². The van der Waals surface area contributed by atoms with E-state index in [1.165, 1.54) is 7.11 Å². The highest BCUT2D eigenvalue weighted by atomic mass is 16.5. The van der Waals surface area contributed by atoms with E-state index in [1.807, 2.05) is 6.07 Å². The lowest BCUT2D eigenvalue weighted by atomic mass is 9.86. The van der Waals surface area contributed by atoms with Crippen molar-refractivity contribution in [1.82, 2.24) is 9.80 Å². The predicted molar refractivity (Wildman–Crippen MR) is 105 cm³/mol. The first-order valence-electron chi connectivity index (χ1n) is 10.1. The van der Waals surface area contributed by atoms with Crippen LogP contribution in [0.2, 0.25) is 0 Å². The van der Waals surface area contributed by atoms with Gasteiger partial charge in [-0.3, -0.25) is 14.6 Å². The maximum atomic E-state index is 11.7. The van der Waals surface area contributed by atoms with Crippen LogP contribution in [0.1, 0.15) is 24.8 Å². The molecule has 0 unspecified atom stereocenters. The Morgan fingerprint density at radius 3 is 2.71 bits per heavy atom. The number of carbonyl (C=O) groups is 1. The summed E-state index contributed by atoms with van der Waals surface area (Å²) in [5, 5.41) is 10.0. The van der Waals surface area contributed by atoms with Crippen LogP contribution >= 0.6 is 0 Å². The number of phenolic OH excluding ortho intramolecular Hbond substituents is 1. The van der Waals surface area contributed by atoms with Gasteiger partial charge >= 0.3 is 5.97 Å². The van der Waals surface area contributed by atoms with E-state index in [0.29, 0.717) is 24.1 Å². The molecule has 0 spiro atoms. The fourth-order valence-corrected chi connectivity index (χ4v) is 4.41. The minimum Gasteiger partial charge on any atom is -0.504 e. The van der Waals surface area contributed by atoms with Gasteiger partial charge in [0.05, 0.1) is 27.4 Å². The first-order chi connectivity index (χ1) is 13.6. The number of rotatable bonds is 7. The van der Waals surface area contributed by atoms with Gasteiger partial charge < -0.3 is 19.3 Å². The Kier molecular flexibility index (Phi) is 7.53. The van der Waals surface area contributed by atoms with Gasteiger partial charge in [0.15, 0.2) is 11.5 Å². The first kappa shape index (κ1) is 20.9. The zero-order valence-electron chi connectivity index (χ0n) is 16.9. The summed E-state index contributed by atoms with van der Waals surface area (Å²) in [7, 11) is 3.00. The van der Waals surface area contributed by atoms with Gasteiger partial charge in [0.2, 0.25) is 0 Å². The van der Waals surface area contributed by atoms with Crippen molar-refractivity contribution in [3.05, 3.63) is 23.8 Å². The average Bonchev–Trinajstić information content (AvgIpc) is 2.73. The van der Waals surface area contributed by atoms with E-state index < -0.39 is 0 Å². The Balaban J connectivity index is 1.64. The van der Waals surface area contributed by atoms with Crippen LogP contribution in [0.4, 0.5) is 0 Å². The first-order valence-corrected chi connectivity index (χ1v) is 10.1. The molecule has 2 aliphatic heterocycles. The second-order valence-corrected chi connectivity index (χ2v) is 7.62. The molecule has 28 heavy (non-hydrogen) atoms. The van der Waals surface area contributed by atoms with Crippen molar-refractivity contribution < 1.29 is 24.1 Å². The molecule has 0 aromatic heterocycles. The molecular weight excluding hydrogens is 360 g/mol. The highest BCUT2D eigenvalue weighted by Gasteiger charge is 2.34. The number of ether oxygens (including phenoxy) is 3. The van der Waals surface area contributed by atoms with Crippen LogP contribution < -0.4 is 4.74 Å². The van der Waals surface area contributed by atoms with Crippen LogP contribution in [0.5, 0.6) is 11.5 Å². The Bertz CT molecular complexity index is 648. The van der Waals surface area contributed by atoms with Gasteiger partial charge in [0, 0.05) is 38.6 Å². The van der Waals surface area contributed by atoms with Crippen molar-refractivity contribution in [2.75, 3.05) is 53.6 Å². The molecule has 0 radical (unpaired) electrons. The Hall–Kier alpha value is -1.83. The normalized spacial score (nSPS) is 24.1. The highest BCUT2D eigenvalue weighted by molar-refractivity contribution is 5.69. The number of morpholine rings is 1. The number of methoxy groups -OCH3 is 2. The number of nitrogens with zero attached hydrogens (tertiary/aromatic N) is 2. The Morgan fingerprint density at radius 2 is 2.04 bits per heavy atom. The number of hydrogen-bond donors (Lipinski definition) is 1. The number of hydrogen-bond acceptors (Lipinski definition) is 7. The van der Waals surface area contributed by atoms with E-state index in [2.05, 4.69) is 9.80 Å². The van der Waals surface area contributed by atoms with Crippen LogP contribution in [-0.4, -0.2) is 80.5 Å². The molecule has 3 rings (SSSR count). The van der Waals surface area contributed by atoms with Gasteiger partial charge in [-0.15, -0.1) is 0 Å². The number of likely N-dealkylation sites (tertiary alicyclic amines) is 1. The predicted octanol–water partition coefficient (Wildman–Crippen LogP) is 1.88. The van der Waals surface area contributed by atoms with E-state index >= 15 is 0 Å². The number of esters is 1. The van der Waals surface area contributed by atoms with Gasteiger partial charge in [0.1, 0.15) is 0 Å². The smallest absolute Gasteiger partial charge is 0.305 e. The lowest BCUT2D eigenvalue weighted by Gasteiger charge is -2.45. The monoisotopic (exact) mass is 392 g/mol. The number of phenols is 1. The summed E-state index contributed by atoms with van der Waals surface area (Å²) in [5.74, 6) is 0.937. The Morgan fingerprint density at radius 1 is 1.25 bits per heavy atom. The molecule has 156 valence electrons. The van der Waals surface area contributed by atoms with E-state index in [9.17, 15) is 9.90 Å². The van der Waals surface area contributed by atoms with Crippen LogP contribution in [0.25, 0.3) is 0 Å². The fourth-order valence-electron chi connectivity index (χ4n) is 4.41. The largest absolute Gasteiger partial charge is 0.504 e. The van der Waals surface area contributed by atoms with E-state index in [4.69, 9.17) is 14.2 Å². The third-order valence-electron chi connectivity index (χ3n) is 5.89. The number of piperidine rings is 1. The summed E-state index contributed by atoms with van der Waals surface area (Å²) >= 11 is 0. The minimum absolute atomic E-state index is 0.141. The number of benzene rings is 1. The molecule has 7 nitrogen and oxygen atoms in total. The van der Waals surface area contributed by atoms with Crippen LogP contribution in [-0.2, 0) is 20.8 Å². The molecule has 1 aromatic carbocycles. The third kappa shape index (κ3) is 5.37. The molecule has 2 aliphatic rings. The summed E-state index contributed by atoms with van der Waals surface area (Å²) in [6.07, 6.45) is 2.37. The number of carbonyl (C=O) groups excluding carboxylic acids is 1. The standard InChI is InChI=1S/C21H32N2O5/c1-26-20-5-3-16(13-19(20)24)14-22-8-7-18(23-9-11-28-12-10-23)17(15-22)4-6-21(25)27-2/h3,5,13,17-18,24H,4,6-12,14-15H2,1-2H3/t17-,18+/m0/s1. The molecule has 2 heterocycles. The maximum absolute atomic E-state index is 11.7. The Labute approximate surface area is 167 Å². The van der Waals surface area contributed by atoms with Crippen LogP contribution in [0, 0.1) is 5.92 Å². The van der Waals surface area contributed by atoms with E-state index in [1.54, 1.807) is 19.2 Å². The highest BCUT2D eigenvalue weighted by Crippen LogP contribution is 2.30. The SMILES string of the molecule is COC(=O)CC[C@H]1CN(Cc2ccc(OC)c(O)c2)CC[C@H]1N1CCOCC1. The average molecular weight is 392 g/mol. The van der Waals surface area contributed by atoms with Crippen LogP contribution in [0.15, 0.2) is 18.2 Å². The fraction of sp³-hybridized carbons (Fsp3) is 0.667. The summed E-state index contributed by atoms with van der Waals surface area (Å²) in [4.78, 5) is 16.6. The van der Waals surface area contributed by atoms with Crippen molar-refractivity contribution in [2.45, 2.75) is 31.8 Å². The van der Waals surface area contributed by atoms with Crippen molar-refractivity contribution >= 4 is 5.97 Å². The van der Waals surface area contributed by atoms with Crippen molar-refractivity contribution in [1.29, 1.82) is 0 Å². The van der Waals surface area contributed by atoms with E-state index in [0.717, 1.165) is 64.3 Å². The van der Waals surface area contributed by atoms with Crippen molar-refractivity contribution in [3.63, 3.8) is 0 Å². The molecule has 1 N–H and O–H groups in total. The summed E-state index contributed by atoms with van der Waals surface area (Å²) < 4.78 is 15.5. The molecule has 7 heteroatoms. The van der Waals surface area contributed by atoms with Gasteiger partial charge in [-0.05, 0) is 43.0 Å². The molecular formula is C21H32N2O5. The van der Waals surface area contributed by atoms with Crippen molar-refractivity contribution in [3.8, 4) is 11.5 Å². The molecule has 0 bridgehead atoms. The maximum Gasteiger partial charge on any atom is 0.305 e. The molecule has 0 saturated carbocycles. The lowest BCUT2D eigenvalue weighted by Crippen LogP contribution is -2.53. The van der Waals surface area contributed by atoms with Crippen LogP contribution in [0.3, 0.4) is 0 Å². The molecule has 0 amide bonds. The third-order valence-corrected chi connectivity index (χ3v) is 5.89. The minimum atomic E-state index is -0.141.